The maximum absolute atomic E-state index is 12.7. The summed E-state index contributed by atoms with van der Waals surface area (Å²) >= 11 is 9.70. The number of pyridine rings is 2. The van der Waals surface area contributed by atoms with E-state index in [1.165, 1.54) is 16.2 Å². The van der Waals surface area contributed by atoms with Gasteiger partial charge in [0.05, 0.1) is 29.9 Å². The van der Waals surface area contributed by atoms with Gasteiger partial charge in [-0.3, -0.25) is 9.59 Å². The highest BCUT2D eigenvalue weighted by Gasteiger charge is 2.30. The van der Waals surface area contributed by atoms with E-state index in [-0.39, 0.29) is 30.6 Å². The summed E-state index contributed by atoms with van der Waals surface area (Å²) in [5.41, 5.74) is 2.42. The zero-order valence-corrected chi connectivity index (χ0v) is 26.5. The molecule has 9 nitrogen and oxygen atoms in total. The molecule has 1 aliphatic carbocycles. The van der Waals surface area contributed by atoms with Crippen molar-refractivity contribution in [3.63, 3.8) is 0 Å². The van der Waals surface area contributed by atoms with Crippen LogP contribution in [0.4, 0.5) is 10.3 Å². The summed E-state index contributed by atoms with van der Waals surface area (Å²) in [5.74, 6) is 0.306. The molecular formula is C27H27Br2N7O2S2. The SMILES string of the molecule is CCc1nc(NC(=O)Cc2cccc(Br)n2)sc1C1CCCC(c2nnc(NC(=O)Cc3cccc(Br)n3)s2)C1. The highest BCUT2D eigenvalue weighted by Crippen LogP contribution is 2.45. The van der Waals surface area contributed by atoms with E-state index in [0.29, 0.717) is 36.8 Å². The molecule has 1 saturated carbocycles. The largest absolute Gasteiger partial charge is 0.302 e. The highest BCUT2D eigenvalue weighted by molar-refractivity contribution is 9.10. The minimum atomic E-state index is -0.169. The molecule has 1 aliphatic rings. The number of hydrogen-bond acceptors (Lipinski definition) is 9. The van der Waals surface area contributed by atoms with E-state index >= 15 is 0 Å². The number of nitrogens with one attached hydrogen (secondary N) is 2. The van der Waals surface area contributed by atoms with Crippen LogP contribution in [0.5, 0.6) is 0 Å². The average Bonchev–Trinajstić information content (AvgIpc) is 3.55. The number of amides is 2. The highest BCUT2D eigenvalue weighted by atomic mass is 79.9. The van der Waals surface area contributed by atoms with E-state index in [9.17, 15) is 9.59 Å². The number of hydrogen-bond donors (Lipinski definition) is 2. The van der Waals surface area contributed by atoms with Crippen LogP contribution in [0.25, 0.3) is 0 Å². The predicted molar refractivity (Wildman–Crippen MR) is 164 cm³/mol. The average molecular weight is 706 g/mol. The molecule has 13 heteroatoms. The summed E-state index contributed by atoms with van der Waals surface area (Å²) in [6.45, 7) is 2.10. The molecule has 0 spiro atoms. The van der Waals surface area contributed by atoms with Gasteiger partial charge in [0, 0.05) is 10.8 Å². The summed E-state index contributed by atoms with van der Waals surface area (Å²) in [7, 11) is 0. The number of aryl methyl sites for hydroxylation is 1. The fourth-order valence-corrected chi connectivity index (χ4v) is 7.73. The summed E-state index contributed by atoms with van der Waals surface area (Å²) < 4.78 is 1.40. The number of aromatic nitrogens is 5. The van der Waals surface area contributed by atoms with E-state index in [1.807, 2.05) is 36.4 Å². The standard InChI is InChI=1S/C27H27Br2N7O2S2/c1-2-19-24(39-26(32-19)33-22(37)13-17-8-4-10-20(28)30-17)15-6-3-7-16(12-15)25-35-36-27(40-25)34-23(38)14-18-9-5-11-21(29)31-18/h4-5,8-11,15-16H,2-3,6-7,12-14H2,1H3,(H,32,33,37)(H,34,36,38). The van der Waals surface area contributed by atoms with Crippen LogP contribution in [0.3, 0.4) is 0 Å². The Hall–Kier alpha value is -2.61. The topological polar surface area (TPSA) is 123 Å². The number of thiazole rings is 1. The van der Waals surface area contributed by atoms with Crippen LogP contribution < -0.4 is 10.6 Å². The molecule has 2 atom stereocenters. The second-order valence-corrected chi connectivity index (χ2v) is 13.2. The number of nitrogens with zero attached hydrogens (tertiary/aromatic N) is 5. The van der Waals surface area contributed by atoms with Crippen molar-refractivity contribution in [3.05, 3.63) is 72.6 Å². The van der Waals surface area contributed by atoms with Gasteiger partial charge in [0.25, 0.3) is 0 Å². The number of carbonyl (C=O) groups is 2. The van der Waals surface area contributed by atoms with Gasteiger partial charge in [0.1, 0.15) is 14.2 Å². The van der Waals surface area contributed by atoms with Crippen molar-refractivity contribution in [2.45, 2.75) is 63.7 Å². The van der Waals surface area contributed by atoms with Crippen molar-refractivity contribution in [3.8, 4) is 0 Å². The Morgan fingerprint density at radius 1 is 0.850 bits per heavy atom. The van der Waals surface area contributed by atoms with Crippen molar-refractivity contribution in [1.29, 1.82) is 0 Å². The first-order chi connectivity index (χ1) is 19.4. The normalized spacial score (nSPS) is 17.0. The van der Waals surface area contributed by atoms with Crippen LogP contribution in [-0.4, -0.2) is 37.0 Å². The lowest BCUT2D eigenvalue weighted by molar-refractivity contribution is -0.116. The lowest BCUT2D eigenvalue weighted by Crippen LogP contribution is -2.15. The lowest BCUT2D eigenvalue weighted by atomic mass is 9.80. The zero-order chi connectivity index (χ0) is 28.1. The molecule has 0 saturated heterocycles. The molecule has 40 heavy (non-hydrogen) atoms. The van der Waals surface area contributed by atoms with E-state index in [1.54, 1.807) is 11.3 Å². The van der Waals surface area contributed by atoms with Crippen LogP contribution in [0.2, 0.25) is 0 Å². The molecule has 0 radical (unpaired) electrons. The molecular weight excluding hydrogens is 678 g/mol. The maximum Gasteiger partial charge on any atom is 0.232 e. The smallest absolute Gasteiger partial charge is 0.232 e. The minimum Gasteiger partial charge on any atom is -0.302 e. The summed E-state index contributed by atoms with van der Waals surface area (Å²) in [6.07, 6.45) is 5.28. The first-order valence-corrected chi connectivity index (χ1v) is 16.2. The van der Waals surface area contributed by atoms with Gasteiger partial charge in [-0.15, -0.1) is 21.5 Å². The molecule has 0 aromatic carbocycles. The number of carbonyl (C=O) groups excluding carboxylic acids is 2. The molecule has 4 aromatic heterocycles. The zero-order valence-electron chi connectivity index (χ0n) is 21.7. The third kappa shape index (κ3) is 7.56. The predicted octanol–water partition coefficient (Wildman–Crippen LogP) is 6.68. The molecule has 208 valence electrons. The van der Waals surface area contributed by atoms with Crippen molar-refractivity contribution in [2.24, 2.45) is 0 Å². The first-order valence-electron chi connectivity index (χ1n) is 13.0. The Labute approximate surface area is 256 Å². The third-order valence-electron chi connectivity index (χ3n) is 6.62. The molecule has 2 N–H and O–H groups in total. The number of halogens is 2. The lowest BCUT2D eigenvalue weighted by Gasteiger charge is -2.27. The van der Waals surface area contributed by atoms with E-state index in [2.05, 4.69) is 69.6 Å². The molecule has 0 aliphatic heterocycles. The van der Waals surface area contributed by atoms with Gasteiger partial charge >= 0.3 is 0 Å². The van der Waals surface area contributed by atoms with Gasteiger partial charge in [-0.1, -0.05) is 36.8 Å². The van der Waals surface area contributed by atoms with Crippen LogP contribution in [-0.2, 0) is 28.9 Å². The molecule has 2 unspecified atom stereocenters. The van der Waals surface area contributed by atoms with Crippen LogP contribution >= 0.6 is 54.5 Å². The van der Waals surface area contributed by atoms with Gasteiger partial charge in [0.15, 0.2) is 5.13 Å². The first kappa shape index (κ1) is 28.9. The quantitative estimate of drug-likeness (QED) is 0.187. The van der Waals surface area contributed by atoms with Gasteiger partial charge in [0.2, 0.25) is 16.9 Å². The summed E-state index contributed by atoms with van der Waals surface area (Å²) in [4.78, 5) is 39.8. The molecule has 4 heterocycles. The second-order valence-electron chi connectivity index (χ2n) is 9.54. The fraction of sp³-hybridized carbons (Fsp3) is 0.370. The van der Waals surface area contributed by atoms with Gasteiger partial charge in [-0.25, -0.2) is 15.0 Å². The Morgan fingerprint density at radius 2 is 1.48 bits per heavy atom. The van der Waals surface area contributed by atoms with Crippen LogP contribution in [0, 0.1) is 0 Å². The Bertz CT molecular complexity index is 1510. The van der Waals surface area contributed by atoms with Crippen molar-refractivity contribution >= 4 is 76.6 Å². The Balaban J connectivity index is 1.21. The van der Waals surface area contributed by atoms with E-state index in [0.717, 1.165) is 42.8 Å². The van der Waals surface area contributed by atoms with Crippen molar-refractivity contribution < 1.29 is 9.59 Å². The van der Waals surface area contributed by atoms with Crippen LogP contribution in [0.1, 0.15) is 71.4 Å². The molecule has 0 bridgehead atoms. The van der Waals surface area contributed by atoms with Crippen LogP contribution in [0.15, 0.2) is 45.6 Å². The molecule has 4 aromatic rings. The van der Waals surface area contributed by atoms with Crippen molar-refractivity contribution in [2.75, 3.05) is 10.6 Å². The molecule has 2 amide bonds. The molecule has 5 rings (SSSR count). The Kier molecular flexibility index (Phi) is 9.66. The summed E-state index contributed by atoms with van der Waals surface area (Å²) in [6, 6.07) is 11.0. The minimum absolute atomic E-state index is 0.130. The monoisotopic (exact) mass is 703 g/mol. The summed E-state index contributed by atoms with van der Waals surface area (Å²) in [5, 5.41) is 16.6. The fourth-order valence-electron chi connectivity index (χ4n) is 4.85. The third-order valence-corrected chi connectivity index (χ3v) is 9.68. The van der Waals surface area contributed by atoms with Gasteiger partial charge in [-0.05, 0) is 87.7 Å². The molecule has 1 fully saturated rings. The maximum atomic E-state index is 12.7. The van der Waals surface area contributed by atoms with Gasteiger partial charge < -0.3 is 10.6 Å². The van der Waals surface area contributed by atoms with Crippen molar-refractivity contribution in [1.82, 2.24) is 25.1 Å². The van der Waals surface area contributed by atoms with Gasteiger partial charge in [-0.2, -0.15) is 0 Å². The van der Waals surface area contributed by atoms with E-state index < -0.39 is 0 Å². The van der Waals surface area contributed by atoms with E-state index in [4.69, 9.17) is 4.98 Å². The number of rotatable bonds is 9. The number of anilines is 2. The Morgan fingerprint density at radius 3 is 2.10 bits per heavy atom. The second kappa shape index (κ2) is 13.4.